The first-order valence-electron chi connectivity index (χ1n) is 5.91. The Morgan fingerprint density at radius 2 is 1.63 bits per heavy atom. The molecule has 0 aromatic heterocycles. The second-order valence-corrected chi connectivity index (χ2v) is 3.71. The summed E-state index contributed by atoms with van der Waals surface area (Å²) in [6.07, 6.45) is 2.68. The lowest BCUT2D eigenvalue weighted by Crippen LogP contribution is -2.33. The van der Waals surface area contributed by atoms with Gasteiger partial charge in [-0.1, -0.05) is 0 Å². The van der Waals surface area contributed by atoms with E-state index in [1.165, 1.54) is 19.3 Å². The molecule has 7 heteroatoms. The lowest BCUT2D eigenvalue weighted by molar-refractivity contribution is -0.142. The molecule has 0 fully saturated rings. The van der Waals surface area contributed by atoms with E-state index in [0.717, 1.165) is 4.90 Å². The van der Waals surface area contributed by atoms with E-state index < -0.39 is 0 Å². The van der Waals surface area contributed by atoms with Gasteiger partial charge in [0.05, 0.1) is 46.5 Å². The van der Waals surface area contributed by atoms with Crippen molar-refractivity contribution in [3.8, 4) is 0 Å². The van der Waals surface area contributed by atoms with Crippen molar-refractivity contribution >= 4 is 17.8 Å². The molecular weight excluding hydrogens is 254 g/mol. The first-order chi connectivity index (χ1) is 9.15. The van der Waals surface area contributed by atoms with Crippen LogP contribution in [0, 0.1) is 0 Å². The average Bonchev–Trinajstić information content (AvgIpc) is 2.72. The summed E-state index contributed by atoms with van der Waals surface area (Å²) in [6, 6.07) is 0. The zero-order valence-corrected chi connectivity index (χ0v) is 10.8. The Balaban J connectivity index is 1.93. The van der Waals surface area contributed by atoms with Gasteiger partial charge in [0.15, 0.2) is 0 Å². The van der Waals surface area contributed by atoms with E-state index in [0.29, 0.717) is 13.2 Å². The minimum absolute atomic E-state index is 0.207. The number of methoxy groups -OCH3 is 1. The Morgan fingerprint density at radius 3 is 2.21 bits per heavy atom. The summed E-state index contributed by atoms with van der Waals surface area (Å²) in [7, 11) is 1.32. The van der Waals surface area contributed by atoms with Crippen molar-refractivity contribution in [2.75, 3.05) is 40.1 Å². The molecule has 0 bridgehead atoms. The van der Waals surface area contributed by atoms with E-state index in [-0.39, 0.29) is 44.0 Å². The number of imide groups is 1. The van der Waals surface area contributed by atoms with Crippen LogP contribution < -0.4 is 0 Å². The third kappa shape index (κ3) is 5.62. The highest BCUT2D eigenvalue weighted by molar-refractivity contribution is 6.12. The van der Waals surface area contributed by atoms with E-state index >= 15 is 0 Å². The van der Waals surface area contributed by atoms with Gasteiger partial charge in [-0.25, -0.2) is 0 Å². The number of amides is 2. The summed E-state index contributed by atoms with van der Waals surface area (Å²) < 4.78 is 14.8. The number of rotatable bonds is 9. The Labute approximate surface area is 111 Å². The van der Waals surface area contributed by atoms with Gasteiger partial charge >= 0.3 is 5.97 Å². The molecule has 19 heavy (non-hydrogen) atoms. The maximum Gasteiger partial charge on any atom is 0.307 e. The van der Waals surface area contributed by atoms with Crippen molar-refractivity contribution in [1.29, 1.82) is 0 Å². The molecule has 0 saturated heterocycles. The fourth-order valence-electron chi connectivity index (χ4n) is 1.39. The van der Waals surface area contributed by atoms with Crippen molar-refractivity contribution in [2.24, 2.45) is 0 Å². The van der Waals surface area contributed by atoms with Crippen LogP contribution in [0.2, 0.25) is 0 Å². The molecule has 0 aromatic rings. The van der Waals surface area contributed by atoms with Crippen LogP contribution in [-0.2, 0) is 28.6 Å². The number of esters is 1. The molecule has 1 heterocycles. The van der Waals surface area contributed by atoms with Gasteiger partial charge < -0.3 is 14.2 Å². The standard InChI is InChI=1S/C12H17NO6/c1-17-12(16)4-6-18-8-9-19-7-5-13-10(14)2-3-11(13)15/h2-3H,4-9H2,1H3. The molecule has 0 atom stereocenters. The third-order valence-corrected chi connectivity index (χ3v) is 2.41. The molecule has 0 N–H and O–H groups in total. The van der Waals surface area contributed by atoms with E-state index in [4.69, 9.17) is 9.47 Å². The summed E-state index contributed by atoms with van der Waals surface area (Å²) in [5, 5.41) is 0. The van der Waals surface area contributed by atoms with Crippen LogP contribution in [0.4, 0.5) is 0 Å². The number of hydrogen-bond acceptors (Lipinski definition) is 6. The summed E-state index contributed by atoms with van der Waals surface area (Å²) in [5.74, 6) is -0.953. The number of carbonyl (C=O) groups excluding carboxylic acids is 3. The first-order valence-corrected chi connectivity index (χ1v) is 5.91. The highest BCUT2D eigenvalue weighted by Gasteiger charge is 2.22. The molecule has 106 valence electrons. The molecular formula is C12H17NO6. The molecule has 7 nitrogen and oxygen atoms in total. The van der Waals surface area contributed by atoms with Gasteiger partial charge in [-0.2, -0.15) is 0 Å². The smallest absolute Gasteiger partial charge is 0.307 e. The van der Waals surface area contributed by atoms with Crippen molar-refractivity contribution in [1.82, 2.24) is 4.90 Å². The van der Waals surface area contributed by atoms with Crippen LogP contribution >= 0.6 is 0 Å². The van der Waals surface area contributed by atoms with Gasteiger partial charge in [-0.15, -0.1) is 0 Å². The molecule has 2 amide bonds. The summed E-state index contributed by atoms with van der Waals surface area (Å²) in [4.78, 5) is 34.2. The lowest BCUT2D eigenvalue weighted by Gasteiger charge is -2.13. The van der Waals surface area contributed by atoms with Crippen LogP contribution in [0.3, 0.4) is 0 Å². The SMILES string of the molecule is COC(=O)CCOCCOCCN1C(=O)C=CC1=O. The molecule has 1 rings (SSSR count). The zero-order valence-electron chi connectivity index (χ0n) is 10.8. The van der Waals surface area contributed by atoms with Crippen LogP contribution in [0.25, 0.3) is 0 Å². The van der Waals surface area contributed by atoms with Crippen molar-refractivity contribution in [3.63, 3.8) is 0 Å². The number of ether oxygens (including phenoxy) is 3. The van der Waals surface area contributed by atoms with Crippen LogP contribution in [0.1, 0.15) is 6.42 Å². The molecule has 0 spiro atoms. The minimum atomic E-state index is -0.320. The maximum atomic E-state index is 11.2. The van der Waals surface area contributed by atoms with E-state index in [1.54, 1.807) is 0 Å². The average molecular weight is 271 g/mol. The molecule has 0 radical (unpaired) electrons. The van der Waals surface area contributed by atoms with Crippen LogP contribution in [0.15, 0.2) is 12.2 Å². The van der Waals surface area contributed by atoms with Crippen LogP contribution in [-0.4, -0.2) is 62.8 Å². The Bertz CT molecular complexity index is 347. The summed E-state index contributed by atoms with van der Waals surface area (Å²) in [6.45, 7) is 1.46. The Hall–Kier alpha value is -1.73. The normalized spacial score (nSPS) is 14.3. The van der Waals surface area contributed by atoms with Crippen molar-refractivity contribution in [3.05, 3.63) is 12.2 Å². The number of carbonyl (C=O) groups is 3. The molecule has 1 aliphatic rings. The first kappa shape index (κ1) is 15.3. The fraction of sp³-hybridized carbons (Fsp3) is 0.583. The van der Waals surface area contributed by atoms with Crippen molar-refractivity contribution < 1.29 is 28.6 Å². The van der Waals surface area contributed by atoms with Crippen LogP contribution in [0.5, 0.6) is 0 Å². The second kappa shape index (κ2) is 8.39. The number of nitrogens with zero attached hydrogens (tertiary/aromatic N) is 1. The Kier molecular flexibility index (Phi) is 6.76. The third-order valence-electron chi connectivity index (χ3n) is 2.41. The summed E-state index contributed by atoms with van der Waals surface area (Å²) >= 11 is 0. The van der Waals surface area contributed by atoms with Gasteiger partial charge in [0.1, 0.15) is 0 Å². The quantitative estimate of drug-likeness (QED) is 0.320. The van der Waals surface area contributed by atoms with Gasteiger partial charge in [-0.3, -0.25) is 19.3 Å². The lowest BCUT2D eigenvalue weighted by atomic mass is 10.5. The van der Waals surface area contributed by atoms with E-state index in [2.05, 4.69) is 4.74 Å². The minimum Gasteiger partial charge on any atom is -0.469 e. The largest absolute Gasteiger partial charge is 0.469 e. The van der Waals surface area contributed by atoms with Gasteiger partial charge in [0, 0.05) is 12.2 Å². The highest BCUT2D eigenvalue weighted by atomic mass is 16.5. The second-order valence-electron chi connectivity index (χ2n) is 3.71. The Morgan fingerprint density at radius 1 is 1.05 bits per heavy atom. The molecule has 0 unspecified atom stereocenters. The molecule has 1 aliphatic heterocycles. The predicted octanol–water partition coefficient (Wildman–Crippen LogP) is -0.492. The van der Waals surface area contributed by atoms with Gasteiger partial charge in [0.25, 0.3) is 11.8 Å². The molecule has 0 aliphatic carbocycles. The topological polar surface area (TPSA) is 82.1 Å². The number of hydrogen-bond donors (Lipinski definition) is 0. The molecule has 0 aromatic carbocycles. The fourth-order valence-corrected chi connectivity index (χ4v) is 1.39. The summed E-state index contributed by atoms with van der Waals surface area (Å²) in [5.41, 5.74) is 0. The predicted molar refractivity (Wildman–Crippen MR) is 64.1 cm³/mol. The van der Waals surface area contributed by atoms with Gasteiger partial charge in [0.2, 0.25) is 0 Å². The van der Waals surface area contributed by atoms with E-state index in [1.807, 2.05) is 0 Å². The maximum absolute atomic E-state index is 11.2. The van der Waals surface area contributed by atoms with Crippen molar-refractivity contribution in [2.45, 2.75) is 6.42 Å². The zero-order chi connectivity index (χ0) is 14.1. The van der Waals surface area contributed by atoms with E-state index in [9.17, 15) is 14.4 Å². The highest BCUT2D eigenvalue weighted by Crippen LogP contribution is 2.02. The van der Waals surface area contributed by atoms with Gasteiger partial charge in [-0.05, 0) is 0 Å². The molecule has 0 saturated carbocycles. The monoisotopic (exact) mass is 271 g/mol.